The first kappa shape index (κ1) is 21.8. The Morgan fingerprint density at radius 3 is 2.47 bits per heavy atom. The Hall–Kier alpha value is -3.44. The average molecular weight is 428 g/mol. The van der Waals surface area contributed by atoms with Gasteiger partial charge in [-0.15, -0.1) is 0 Å². The zero-order valence-electron chi connectivity index (χ0n) is 18.2. The molecular formula is C27H29N3O2. The van der Waals surface area contributed by atoms with E-state index in [4.69, 9.17) is 4.74 Å². The SMILES string of the molecule is O=C(/C=C/c1ccc(OCc2ccccn2)cc1)NCc1ccccc1CN1CCCC1. The molecule has 1 N–H and O–H groups in total. The van der Waals surface area contributed by atoms with E-state index in [1.165, 1.54) is 24.0 Å². The normalized spacial score (nSPS) is 14.0. The van der Waals surface area contributed by atoms with Crippen molar-refractivity contribution in [3.63, 3.8) is 0 Å². The van der Waals surface area contributed by atoms with Crippen molar-refractivity contribution in [3.8, 4) is 5.75 Å². The van der Waals surface area contributed by atoms with Crippen molar-refractivity contribution < 1.29 is 9.53 Å². The van der Waals surface area contributed by atoms with E-state index < -0.39 is 0 Å². The van der Waals surface area contributed by atoms with Crippen LogP contribution in [0.15, 0.2) is 79.0 Å². The number of hydrogen-bond donors (Lipinski definition) is 1. The molecule has 0 spiro atoms. The van der Waals surface area contributed by atoms with Crippen molar-refractivity contribution in [3.05, 3.63) is 101 Å². The van der Waals surface area contributed by atoms with E-state index in [-0.39, 0.29) is 5.91 Å². The highest BCUT2D eigenvalue weighted by atomic mass is 16.5. The number of rotatable bonds is 9. The van der Waals surface area contributed by atoms with Gasteiger partial charge >= 0.3 is 0 Å². The molecule has 5 nitrogen and oxygen atoms in total. The van der Waals surface area contributed by atoms with Gasteiger partial charge in [-0.1, -0.05) is 42.5 Å². The van der Waals surface area contributed by atoms with Crippen molar-refractivity contribution in [2.45, 2.75) is 32.5 Å². The molecule has 164 valence electrons. The van der Waals surface area contributed by atoms with Crippen LogP contribution in [0.2, 0.25) is 0 Å². The van der Waals surface area contributed by atoms with Crippen molar-refractivity contribution in [1.29, 1.82) is 0 Å². The first-order valence-electron chi connectivity index (χ1n) is 11.1. The number of nitrogens with one attached hydrogen (secondary N) is 1. The summed E-state index contributed by atoms with van der Waals surface area (Å²) < 4.78 is 5.75. The van der Waals surface area contributed by atoms with Gasteiger partial charge in [-0.2, -0.15) is 0 Å². The van der Waals surface area contributed by atoms with Crippen LogP contribution in [0, 0.1) is 0 Å². The standard InChI is InChI=1S/C27H29N3O2/c31-27(29-19-23-7-1-2-8-24(23)20-30-17-5-6-18-30)15-12-22-10-13-26(14-11-22)32-21-25-9-3-4-16-28-25/h1-4,7-16H,5-6,17-21H2,(H,29,31)/b15-12+. The Morgan fingerprint density at radius 2 is 1.72 bits per heavy atom. The number of likely N-dealkylation sites (tertiary alicyclic amines) is 1. The first-order chi connectivity index (χ1) is 15.8. The highest BCUT2D eigenvalue weighted by molar-refractivity contribution is 5.91. The van der Waals surface area contributed by atoms with Crippen molar-refractivity contribution >= 4 is 12.0 Å². The number of benzene rings is 2. The van der Waals surface area contributed by atoms with Crippen LogP contribution in [0.5, 0.6) is 5.75 Å². The number of ether oxygens (including phenoxy) is 1. The lowest BCUT2D eigenvalue weighted by Gasteiger charge is -2.17. The third kappa shape index (κ3) is 6.53. The topological polar surface area (TPSA) is 54.5 Å². The second-order valence-electron chi connectivity index (χ2n) is 7.98. The van der Waals surface area contributed by atoms with Gasteiger partial charge in [-0.3, -0.25) is 14.7 Å². The lowest BCUT2D eigenvalue weighted by molar-refractivity contribution is -0.116. The van der Waals surface area contributed by atoms with Gasteiger partial charge in [0, 0.05) is 25.4 Å². The number of nitrogens with zero attached hydrogens (tertiary/aromatic N) is 2. The van der Waals surface area contributed by atoms with Gasteiger partial charge in [0.1, 0.15) is 12.4 Å². The fraction of sp³-hybridized carbons (Fsp3) is 0.259. The molecule has 5 heteroatoms. The second kappa shape index (κ2) is 11.3. The molecule has 0 bridgehead atoms. The Kier molecular flexibility index (Phi) is 7.66. The molecule has 32 heavy (non-hydrogen) atoms. The molecule has 1 aliphatic heterocycles. The van der Waals surface area contributed by atoms with Crippen molar-refractivity contribution in [1.82, 2.24) is 15.2 Å². The maximum Gasteiger partial charge on any atom is 0.244 e. The van der Waals surface area contributed by atoms with Crippen molar-refractivity contribution in [2.75, 3.05) is 13.1 Å². The summed E-state index contributed by atoms with van der Waals surface area (Å²) in [5.74, 6) is 0.670. The maximum atomic E-state index is 12.3. The molecule has 0 atom stereocenters. The van der Waals surface area contributed by atoms with Crippen LogP contribution in [-0.2, 0) is 24.5 Å². The highest BCUT2D eigenvalue weighted by Crippen LogP contribution is 2.17. The number of pyridine rings is 1. The molecule has 3 aromatic rings. The quantitative estimate of drug-likeness (QED) is 0.508. The number of aromatic nitrogens is 1. The van der Waals surface area contributed by atoms with E-state index in [1.54, 1.807) is 12.3 Å². The zero-order valence-corrected chi connectivity index (χ0v) is 18.2. The lowest BCUT2D eigenvalue weighted by atomic mass is 10.1. The van der Waals surface area contributed by atoms with Crippen LogP contribution in [0.1, 0.15) is 35.2 Å². The monoisotopic (exact) mass is 427 g/mol. The molecule has 1 amide bonds. The molecule has 1 saturated heterocycles. The lowest BCUT2D eigenvalue weighted by Crippen LogP contribution is -2.23. The fourth-order valence-electron chi connectivity index (χ4n) is 3.79. The minimum absolute atomic E-state index is 0.101. The Morgan fingerprint density at radius 1 is 0.969 bits per heavy atom. The summed E-state index contributed by atoms with van der Waals surface area (Å²) >= 11 is 0. The second-order valence-corrected chi connectivity index (χ2v) is 7.98. The van der Waals surface area contributed by atoms with Crippen LogP contribution in [-0.4, -0.2) is 28.9 Å². The Labute approximate surface area is 189 Å². The Balaban J connectivity index is 1.26. The number of carbonyl (C=O) groups is 1. The van der Waals surface area contributed by atoms with Crippen LogP contribution in [0.25, 0.3) is 6.08 Å². The summed E-state index contributed by atoms with van der Waals surface area (Å²) in [6, 6.07) is 21.8. The minimum atomic E-state index is -0.101. The highest BCUT2D eigenvalue weighted by Gasteiger charge is 2.13. The molecule has 1 aromatic heterocycles. The zero-order chi connectivity index (χ0) is 22.0. The third-order valence-corrected chi connectivity index (χ3v) is 5.58. The molecule has 4 rings (SSSR count). The third-order valence-electron chi connectivity index (χ3n) is 5.58. The predicted molar refractivity (Wildman–Crippen MR) is 127 cm³/mol. The minimum Gasteiger partial charge on any atom is -0.487 e. The van der Waals surface area contributed by atoms with E-state index in [1.807, 2.05) is 54.6 Å². The summed E-state index contributed by atoms with van der Waals surface area (Å²) in [7, 11) is 0. The van der Waals surface area contributed by atoms with E-state index in [2.05, 4.69) is 33.4 Å². The molecule has 0 unspecified atom stereocenters. The van der Waals surface area contributed by atoms with E-state index in [9.17, 15) is 4.79 Å². The maximum absolute atomic E-state index is 12.3. The molecular weight excluding hydrogens is 398 g/mol. The van der Waals surface area contributed by atoms with E-state index in [0.717, 1.165) is 36.6 Å². The summed E-state index contributed by atoms with van der Waals surface area (Å²) in [5.41, 5.74) is 4.30. The molecule has 1 fully saturated rings. The van der Waals surface area contributed by atoms with Crippen LogP contribution < -0.4 is 10.1 Å². The van der Waals surface area contributed by atoms with E-state index >= 15 is 0 Å². The van der Waals surface area contributed by atoms with Crippen molar-refractivity contribution in [2.24, 2.45) is 0 Å². The van der Waals surface area contributed by atoms with Crippen LogP contribution in [0.4, 0.5) is 0 Å². The molecule has 2 heterocycles. The van der Waals surface area contributed by atoms with Crippen LogP contribution >= 0.6 is 0 Å². The molecule has 2 aromatic carbocycles. The predicted octanol–water partition coefficient (Wildman–Crippen LogP) is 4.59. The van der Waals surface area contributed by atoms with Crippen LogP contribution in [0.3, 0.4) is 0 Å². The molecule has 0 aliphatic carbocycles. The smallest absolute Gasteiger partial charge is 0.244 e. The largest absolute Gasteiger partial charge is 0.487 e. The van der Waals surface area contributed by atoms with Gasteiger partial charge in [0.2, 0.25) is 5.91 Å². The van der Waals surface area contributed by atoms with Gasteiger partial charge in [0.25, 0.3) is 0 Å². The first-order valence-corrected chi connectivity index (χ1v) is 11.1. The summed E-state index contributed by atoms with van der Waals surface area (Å²) in [6.07, 6.45) is 7.70. The molecule has 0 radical (unpaired) electrons. The summed E-state index contributed by atoms with van der Waals surface area (Å²) in [6.45, 7) is 4.24. The number of carbonyl (C=O) groups excluding carboxylic acids is 1. The summed E-state index contributed by atoms with van der Waals surface area (Å²) in [5, 5.41) is 3.01. The fourth-order valence-corrected chi connectivity index (χ4v) is 3.79. The van der Waals surface area contributed by atoms with Gasteiger partial charge in [0.05, 0.1) is 5.69 Å². The molecule has 0 saturated carbocycles. The number of amides is 1. The summed E-state index contributed by atoms with van der Waals surface area (Å²) in [4.78, 5) is 19.1. The Bertz CT molecular complexity index is 1030. The van der Waals surface area contributed by atoms with Gasteiger partial charge in [0.15, 0.2) is 0 Å². The number of hydrogen-bond acceptors (Lipinski definition) is 4. The average Bonchev–Trinajstić information content (AvgIpc) is 3.35. The van der Waals surface area contributed by atoms with Gasteiger partial charge in [-0.05, 0) is 73.0 Å². The van der Waals surface area contributed by atoms with Gasteiger partial charge in [-0.25, -0.2) is 0 Å². The molecule has 1 aliphatic rings. The van der Waals surface area contributed by atoms with Gasteiger partial charge < -0.3 is 10.1 Å². The van der Waals surface area contributed by atoms with E-state index in [0.29, 0.717) is 13.2 Å².